The van der Waals surface area contributed by atoms with Crippen molar-refractivity contribution in [3.63, 3.8) is 0 Å². The number of rotatable bonds is 5. The largest absolute Gasteiger partial charge is 0.356 e. The van der Waals surface area contributed by atoms with Crippen LogP contribution in [0.3, 0.4) is 0 Å². The van der Waals surface area contributed by atoms with Gasteiger partial charge in [0, 0.05) is 19.8 Å². The highest BCUT2D eigenvalue weighted by Crippen LogP contribution is 2.18. The Morgan fingerprint density at radius 3 is 2.40 bits per heavy atom. The summed E-state index contributed by atoms with van der Waals surface area (Å²) in [7, 11) is -0.555. The summed E-state index contributed by atoms with van der Waals surface area (Å²) in [5.41, 5.74) is 1.45. The predicted octanol–water partition coefficient (Wildman–Crippen LogP) is 3.12. The molecule has 0 radical (unpaired) electrons. The van der Waals surface area contributed by atoms with Crippen LogP contribution < -0.4 is 10.6 Å². The Morgan fingerprint density at radius 2 is 1.80 bits per heavy atom. The molecule has 25 heavy (non-hydrogen) atoms. The van der Waals surface area contributed by atoms with Gasteiger partial charge in [0.2, 0.25) is 10.0 Å². The lowest BCUT2D eigenvalue weighted by molar-refractivity contribution is 0.521. The van der Waals surface area contributed by atoms with Crippen molar-refractivity contribution in [1.29, 1.82) is 0 Å². The molecule has 0 aliphatic carbocycles. The van der Waals surface area contributed by atoms with Crippen LogP contribution >= 0.6 is 12.2 Å². The van der Waals surface area contributed by atoms with E-state index in [9.17, 15) is 12.8 Å². The first-order chi connectivity index (χ1) is 11.7. The minimum atomic E-state index is -3.51. The Kier molecular flexibility index (Phi) is 6.10. The van der Waals surface area contributed by atoms with Crippen molar-refractivity contribution in [2.75, 3.05) is 19.4 Å². The fourth-order valence-corrected chi connectivity index (χ4v) is 3.39. The van der Waals surface area contributed by atoms with Crippen LogP contribution in [0.4, 0.5) is 10.1 Å². The van der Waals surface area contributed by atoms with Gasteiger partial charge in [0.1, 0.15) is 5.82 Å². The highest BCUT2D eigenvalue weighted by molar-refractivity contribution is 7.89. The summed E-state index contributed by atoms with van der Waals surface area (Å²) in [5, 5.41) is 6.40. The SMILES string of the molecule is C[C@@H](NC(=S)Nc1cccc(S(=O)(=O)N(C)C)c1)c1ccc(F)cc1. The fraction of sp³-hybridized carbons (Fsp3) is 0.235. The first-order valence-electron chi connectivity index (χ1n) is 7.56. The molecule has 0 aromatic heterocycles. The third-order valence-electron chi connectivity index (χ3n) is 3.59. The van der Waals surface area contributed by atoms with Gasteiger partial charge in [-0.1, -0.05) is 18.2 Å². The number of nitrogens with zero attached hydrogens (tertiary/aromatic N) is 1. The third kappa shape index (κ3) is 4.97. The van der Waals surface area contributed by atoms with E-state index in [1.807, 2.05) is 6.92 Å². The van der Waals surface area contributed by atoms with E-state index in [1.165, 1.54) is 38.4 Å². The molecule has 2 rings (SSSR count). The third-order valence-corrected chi connectivity index (χ3v) is 5.62. The van der Waals surface area contributed by atoms with Crippen molar-refractivity contribution < 1.29 is 12.8 Å². The average Bonchev–Trinajstić information content (AvgIpc) is 2.55. The molecule has 0 saturated heterocycles. The fourth-order valence-electron chi connectivity index (χ4n) is 2.14. The Morgan fingerprint density at radius 1 is 1.16 bits per heavy atom. The van der Waals surface area contributed by atoms with E-state index in [0.717, 1.165) is 9.87 Å². The zero-order chi connectivity index (χ0) is 18.6. The van der Waals surface area contributed by atoms with Gasteiger partial charge in [-0.2, -0.15) is 0 Å². The Hall–Kier alpha value is -2.03. The second kappa shape index (κ2) is 7.90. The van der Waals surface area contributed by atoms with Crippen molar-refractivity contribution in [3.05, 3.63) is 59.9 Å². The second-order valence-corrected chi connectivity index (χ2v) is 8.25. The summed E-state index contributed by atoms with van der Waals surface area (Å²) < 4.78 is 38.5. The van der Waals surface area contributed by atoms with Crippen LogP contribution in [0.5, 0.6) is 0 Å². The molecule has 2 N–H and O–H groups in total. The maximum absolute atomic E-state index is 13.0. The number of sulfonamides is 1. The van der Waals surface area contributed by atoms with Crippen LogP contribution in [-0.2, 0) is 10.0 Å². The minimum Gasteiger partial charge on any atom is -0.356 e. The topological polar surface area (TPSA) is 61.4 Å². The van der Waals surface area contributed by atoms with Crippen LogP contribution in [0.1, 0.15) is 18.5 Å². The zero-order valence-corrected chi connectivity index (χ0v) is 15.8. The lowest BCUT2D eigenvalue weighted by Gasteiger charge is -2.18. The first-order valence-corrected chi connectivity index (χ1v) is 9.40. The van der Waals surface area contributed by atoms with E-state index in [4.69, 9.17) is 12.2 Å². The molecule has 1 atom stereocenters. The Balaban J connectivity index is 2.07. The van der Waals surface area contributed by atoms with Gasteiger partial charge in [0.15, 0.2) is 5.11 Å². The quantitative estimate of drug-likeness (QED) is 0.780. The van der Waals surface area contributed by atoms with E-state index < -0.39 is 10.0 Å². The number of anilines is 1. The molecule has 0 amide bonds. The molecule has 0 spiro atoms. The van der Waals surface area contributed by atoms with Crippen LogP contribution in [0.15, 0.2) is 53.4 Å². The molecule has 0 heterocycles. The molecule has 8 heteroatoms. The lowest BCUT2D eigenvalue weighted by Crippen LogP contribution is -2.31. The number of halogens is 1. The standard InChI is InChI=1S/C17H20FN3O2S2/c1-12(13-7-9-14(18)10-8-13)19-17(24)20-15-5-4-6-16(11-15)25(22,23)21(2)3/h4-12H,1-3H3,(H2,19,20,24)/t12-/m1/s1. The van der Waals surface area contributed by atoms with Gasteiger partial charge in [-0.3, -0.25) is 0 Å². The monoisotopic (exact) mass is 381 g/mol. The van der Waals surface area contributed by atoms with Gasteiger partial charge < -0.3 is 10.6 Å². The molecule has 0 unspecified atom stereocenters. The van der Waals surface area contributed by atoms with Gasteiger partial charge in [0.05, 0.1) is 10.9 Å². The van der Waals surface area contributed by atoms with Crippen LogP contribution in [0, 0.1) is 5.82 Å². The van der Waals surface area contributed by atoms with Crippen molar-refractivity contribution in [3.8, 4) is 0 Å². The van der Waals surface area contributed by atoms with E-state index in [2.05, 4.69) is 10.6 Å². The van der Waals surface area contributed by atoms with Gasteiger partial charge in [0.25, 0.3) is 0 Å². The van der Waals surface area contributed by atoms with Crippen LogP contribution in [0.2, 0.25) is 0 Å². The number of hydrogen-bond acceptors (Lipinski definition) is 3. The second-order valence-electron chi connectivity index (χ2n) is 5.69. The molecule has 2 aromatic carbocycles. The molecule has 0 aliphatic rings. The van der Waals surface area contributed by atoms with E-state index >= 15 is 0 Å². The Bertz CT molecular complexity index is 852. The summed E-state index contributed by atoms with van der Waals surface area (Å²) in [5.74, 6) is -0.296. The molecule has 0 bridgehead atoms. The molecular formula is C17H20FN3O2S2. The molecule has 134 valence electrons. The van der Waals surface area contributed by atoms with Gasteiger partial charge >= 0.3 is 0 Å². The van der Waals surface area contributed by atoms with E-state index in [-0.39, 0.29) is 16.8 Å². The smallest absolute Gasteiger partial charge is 0.242 e. The molecule has 0 saturated carbocycles. The average molecular weight is 381 g/mol. The highest BCUT2D eigenvalue weighted by Gasteiger charge is 2.17. The van der Waals surface area contributed by atoms with Crippen molar-refractivity contribution in [2.24, 2.45) is 0 Å². The van der Waals surface area contributed by atoms with Gasteiger partial charge in [-0.15, -0.1) is 0 Å². The van der Waals surface area contributed by atoms with Gasteiger partial charge in [-0.05, 0) is 55.0 Å². The van der Waals surface area contributed by atoms with E-state index in [0.29, 0.717) is 10.8 Å². The number of benzene rings is 2. The first kappa shape index (κ1) is 19.3. The van der Waals surface area contributed by atoms with Crippen LogP contribution in [-0.4, -0.2) is 31.9 Å². The maximum Gasteiger partial charge on any atom is 0.242 e. The molecule has 2 aromatic rings. The van der Waals surface area contributed by atoms with Crippen molar-refractivity contribution in [1.82, 2.24) is 9.62 Å². The van der Waals surface area contributed by atoms with Crippen molar-refractivity contribution in [2.45, 2.75) is 17.9 Å². The number of nitrogens with one attached hydrogen (secondary N) is 2. The van der Waals surface area contributed by atoms with Crippen molar-refractivity contribution >= 4 is 33.0 Å². The summed E-state index contributed by atoms with van der Waals surface area (Å²) in [6.45, 7) is 1.90. The summed E-state index contributed by atoms with van der Waals surface area (Å²) in [6, 6.07) is 12.4. The summed E-state index contributed by atoms with van der Waals surface area (Å²) in [6.07, 6.45) is 0. The zero-order valence-electron chi connectivity index (χ0n) is 14.2. The molecule has 0 fully saturated rings. The molecule has 0 aliphatic heterocycles. The summed E-state index contributed by atoms with van der Waals surface area (Å²) >= 11 is 5.27. The number of hydrogen-bond donors (Lipinski definition) is 2. The highest BCUT2D eigenvalue weighted by atomic mass is 32.2. The summed E-state index contributed by atoms with van der Waals surface area (Å²) in [4.78, 5) is 0.178. The Labute approximate surface area is 152 Å². The number of thiocarbonyl (C=S) groups is 1. The normalized spacial score (nSPS) is 12.7. The predicted molar refractivity (Wildman–Crippen MR) is 101 cm³/mol. The van der Waals surface area contributed by atoms with Crippen LogP contribution in [0.25, 0.3) is 0 Å². The molecular weight excluding hydrogens is 361 g/mol. The minimum absolute atomic E-state index is 0.130. The lowest BCUT2D eigenvalue weighted by atomic mass is 10.1. The maximum atomic E-state index is 13.0. The van der Waals surface area contributed by atoms with E-state index in [1.54, 1.807) is 24.3 Å². The van der Waals surface area contributed by atoms with Gasteiger partial charge in [-0.25, -0.2) is 17.1 Å². The molecule has 5 nitrogen and oxygen atoms in total.